The molecule has 168 valence electrons. The number of carbonyl (C=O) groups excluding carboxylic acids is 1. The second kappa shape index (κ2) is 8.84. The molecular weight excluding hydrogens is 452 g/mol. The maximum absolute atomic E-state index is 13.2. The highest BCUT2D eigenvalue weighted by molar-refractivity contribution is 7.98. The van der Waals surface area contributed by atoms with Gasteiger partial charge in [-0.3, -0.25) is 4.79 Å². The Morgan fingerprint density at radius 3 is 2.70 bits per heavy atom. The zero-order valence-electron chi connectivity index (χ0n) is 18.6. The summed E-state index contributed by atoms with van der Waals surface area (Å²) in [7, 11) is 0. The molecule has 0 radical (unpaired) electrons. The van der Waals surface area contributed by atoms with Crippen LogP contribution in [0.25, 0.3) is 6.08 Å². The lowest BCUT2D eigenvalue weighted by molar-refractivity contribution is -0.118. The Morgan fingerprint density at radius 1 is 1.15 bits per heavy atom. The first-order valence-electron chi connectivity index (χ1n) is 11.0. The fourth-order valence-corrected chi connectivity index (χ4v) is 5.51. The molecular formula is C26H25ClN4OS. The molecule has 1 N–H and O–H groups in total. The first-order valence-corrected chi connectivity index (χ1v) is 12.4. The van der Waals surface area contributed by atoms with E-state index in [4.69, 9.17) is 21.7 Å². The van der Waals surface area contributed by atoms with Gasteiger partial charge in [0.25, 0.3) is 0 Å². The van der Waals surface area contributed by atoms with E-state index in [0.717, 1.165) is 33.8 Å². The summed E-state index contributed by atoms with van der Waals surface area (Å²) in [6.07, 6.45) is 5.44. The van der Waals surface area contributed by atoms with E-state index in [9.17, 15) is 4.79 Å². The zero-order chi connectivity index (χ0) is 23.0. The number of carbonyl (C=O) groups is 1. The number of aromatic nitrogens is 3. The molecule has 5 nitrogen and oxygen atoms in total. The number of fused-ring (bicyclic) bond motifs is 1. The van der Waals surface area contributed by atoms with E-state index in [0.29, 0.717) is 23.3 Å². The molecule has 0 bridgehead atoms. The third-order valence-corrected chi connectivity index (χ3v) is 7.19. The Hall–Kier alpha value is -2.83. The van der Waals surface area contributed by atoms with Gasteiger partial charge < -0.3 is 5.32 Å². The summed E-state index contributed by atoms with van der Waals surface area (Å²) >= 11 is 7.85. The van der Waals surface area contributed by atoms with Crippen LogP contribution in [-0.2, 0) is 10.5 Å². The van der Waals surface area contributed by atoms with Gasteiger partial charge in [-0.25, -0.2) is 4.68 Å². The van der Waals surface area contributed by atoms with Crippen LogP contribution in [0.1, 0.15) is 43.9 Å². The summed E-state index contributed by atoms with van der Waals surface area (Å²) in [6.45, 7) is 4.27. The van der Waals surface area contributed by atoms with Gasteiger partial charge >= 0.3 is 0 Å². The summed E-state index contributed by atoms with van der Waals surface area (Å²) in [6, 6.07) is 17.6. The molecule has 3 aromatic rings. The molecule has 2 aromatic carbocycles. The van der Waals surface area contributed by atoms with Crippen LogP contribution in [0.4, 0.5) is 5.95 Å². The molecule has 0 saturated heterocycles. The van der Waals surface area contributed by atoms with E-state index in [1.807, 2.05) is 59.3 Å². The number of allylic oxidation sites excluding steroid dienone is 3. The molecule has 1 aromatic heterocycles. The van der Waals surface area contributed by atoms with Gasteiger partial charge in [0.15, 0.2) is 5.78 Å². The maximum atomic E-state index is 13.2. The van der Waals surface area contributed by atoms with E-state index in [2.05, 4.69) is 31.3 Å². The number of thioether (sulfide) groups is 1. The first-order chi connectivity index (χ1) is 15.9. The van der Waals surface area contributed by atoms with Crippen molar-refractivity contribution in [2.45, 2.75) is 43.6 Å². The highest BCUT2D eigenvalue weighted by atomic mass is 35.5. The normalized spacial score (nSPS) is 19.4. The van der Waals surface area contributed by atoms with Crippen molar-refractivity contribution in [1.82, 2.24) is 14.8 Å². The smallest absolute Gasteiger partial charge is 0.227 e. The standard InChI is InChI=1S/C26H25ClN4OS/c1-26(2)14-20-23(22(32)15-26)21(13-12-17-8-4-3-5-9-17)31-24(28-20)29-25(30-31)33-16-18-10-6-7-11-19(18)27/h3-13,21H,14-16H2,1-2H3,(H,28,29,30). The van der Waals surface area contributed by atoms with Crippen LogP contribution >= 0.6 is 23.4 Å². The van der Waals surface area contributed by atoms with Crippen molar-refractivity contribution in [1.29, 1.82) is 0 Å². The molecule has 0 spiro atoms. The number of rotatable bonds is 5. The van der Waals surface area contributed by atoms with Crippen LogP contribution in [0.2, 0.25) is 5.02 Å². The highest BCUT2D eigenvalue weighted by Gasteiger charge is 2.40. The third kappa shape index (κ3) is 4.63. The number of anilines is 1. The average molecular weight is 477 g/mol. The maximum Gasteiger partial charge on any atom is 0.227 e. The van der Waals surface area contributed by atoms with Crippen LogP contribution < -0.4 is 5.32 Å². The van der Waals surface area contributed by atoms with Crippen LogP contribution in [-0.4, -0.2) is 20.5 Å². The number of benzene rings is 2. The number of halogens is 1. The Labute approximate surface area is 202 Å². The topological polar surface area (TPSA) is 59.8 Å². The number of Topliss-reactive ketones (excluding diaryl/α,β-unsaturated/α-hetero) is 1. The second-order valence-electron chi connectivity index (χ2n) is 9.22. The van der Waals surface area contributed by atoms with Gasteiger partial charge in [-0.15, -0.1) is 5.10 Å². The van der Waals surface area contributed by atoms with E-state index >= 15 is 0 Å². The molecule has 1 aliphatic heterocycles. The van der Waals surface area contributed by atoms with Gasteiger partial charge in [-0.05, 0) is 29.0 Å². The lowest BCUT2D eigenvalue weighted by Gasteiger charge is -2.37. The van der Waals surface area contributed by atoms with Gasteiger partial charge in [0, 0.05) is 28.5 Å². The number of hydrogen-bond donors (Lipinski definition) is 1. The molecule has 0 fully saturated rings. The van der Waals surface area contributed by atoms with E-state index in [1.54, 1.807) is 0 Å². The van der Waals surface area contributed by atoms with Gasteiger partial charge in [0.05, 0.1) is 0 Å². The number of hydrogen-bond acceptors (Lipinski definition) is 5. The monoisotopic (exact) mass is 476 g/mol. The number of nitrogens with zero attached hydrogens (tertiary/aromatic N) is 3. The minimum absolute atomic E-state index is 0.0829. The first kappa shape index (κ1) is 22.0. The molecule has 1 unspecified atom stereocenters. The van der Waals surface area contributed by atoms with Crippen molar-refractivity contribution in [3.8, 4) is 0 Å². The predicted molar refractivity (Wildman–Crippen MR) is 134 cm³/mol. The molecule has 0 amide bonds. The third-order valence-electron chi connectivity index (χ3n) is 5.94. The molecule has 5 rings (SSSR count). The summed E-state index contributed by atoms with van der Waals surface area (Å²) in [5, 5.41) is 9.59. The lowest BCUT2D eigenvalue weighted by atomic mass is 9.74. The largest absolute Gasteiger partial charge is 0.328 e. The fourth-order valence-electron chi connectivity index (χ4n) is 4.39. The molecule has 0 saturated carbocycles. The predicted octanol–water partition coefficient (Wildman–Crippen LogP) is 6.55. The number of nitrogens with one attached hydrogen (secondary N) is 1. The molecule has 1 atom stereocenters. The van der Waals surface area contributed by atoms with E-state index in [-0.39, 0.29) is 17.2 Å². The summed E-state index contributed by atoms with van der Waals surface area (Å²) in [5.74, 6) is 1.51. The second-order valence-corrected chi connectivity index (χ2v) is 10.6. The molecule has 2 heterocycles. The van der Waals surface area contributed by atoms with Gasteiger partial charge in [0.1, 0.15) is 6.04 Å². The molecule has 7 heteroatoms. The fraction of sp³-hybridized carbons (Fsp3) is 0.269. The van der Waals surface area contributed by atoms with Gasteiger partial charge in [-0.2, -0.15) is 4.98 Å². The van der Waals surface area contributed by atoms with Crippen LogP contribution in [0, 0.1) is 5.41 Å². The zero-order valence-corrected chi connectivity index (χ0v) is 20.2. The van der Waals surface area contributed by atoms with Crippen molar-refractivity contribution >= 4 is 41.2 Å². The minimum Gasteiger partial charge on any atom is -0.328 e. The van der Waals surface area contributed by atoms with Crippen LogP contribution in [0.15, 0.2) is 77.1 Å². The molecule has 2 aliphatic rings. The van der Waals surface area contributed by atoms with E-state index in [1.165, 1.54) is 11.8 Å². The average Bonchev–Trinajstić information content (AvgIpc) is 3.18. The quantitative estimate of drug-likeness (QED) is 0.423. The Kier molecular flexibility index (Phi) is 5.89. The lowest BCUT2D eigenvalue weighted by Crippen LogP contribution is -2.35. The van der Waals surface area contributed by atoms with Crippen molar-refractivity contribution in [3.05, 3.63) is 88.1 Å². The minimum atomic E-state index is -0.290. The summed E-state index contributed by atoms with van der Waals surface area (Å²) in [4.78, 5) is 18.0. The SMILES string of the molecule is CC1(C)CC(=O)C2=C(C1)Nc1nc(SCc3ccccc3Cl)nn1C2C=Cc1ccccc1. The molecule has 33 heavy (non-hydrogen) atoms. The van der Waals surface area contributed by atoms with Crippen molar-refractivity contribution in [2.75, 3.05) is 5.32 Å². The van der Waals surface area contributed by atoms with Crippen LogP contribution in [0.5, 0.6) is 0 Å². The summed E-state index contributed by atoms with van der Waals surface area (Å²) < 4.78 is 1.84. The Morgan fingerprint density at radius 2 is 1.91 bits per heavy atom. The van der Waals surface area contributed by atoms with Gasteiger partial charge in [0.2, 0.25) is 11.1 Å². The van der Waals surface area contributed by atoms with Crippen molar-refractivity contribution in [3.63, 3.8) is 0 Å². The highest BCUT2D eigenvalue weighted by Crippen LogP contribution is 2.44. The number of ketones is 1. The van der Waals surface area contributed by atoms with Crippen molar-refractivity contribution in [2.24, 2.45) is 5.41 Å². The van der Waals surface area contributed by atoms with E-state index < -0.39 is 0 Å². The summed E-state index contributed by atoms with van der Waals surface area (Å²) in [5.41, 5.74) is 3.79. The Balaban J connectivity index is 1.48. The van der Waals surface area contributed by atoms with Crippen molar-refractivity contribution < 1.29 is 4.79 Å². The van der Waals surface area contributed by atoms with Gasteiger partial charge in [-0.1, -0.05) is 97.9 Å². The molecule has 1 aliphatic carbocycles. The Bertz CT molecular complexity index is 1260. The van der Waals surface area contributed by atoms with Crippen LogP contribution in [0.3, 0.4) is 0 Å².